The van der Waals surface area contributed by atoms with Crippen LogP contribution in [0.3, 0.4) is 0 Å². The maximum atomic E-state index is 11.7. The van der Waals surface area contributed by atoms with E-state index in [0.29, 0.717) is 6.42 Å². The summed E-state index contributed by atoms with van der Waals surface area (Å²) in [5.74, 6) is -0.849. The lowest BCUT2D eigenvalue weighted by molar-refractivity contribution is -0.143. The standard InChI is InChI=1S/C11H19NO3/c1-5-11(4,15)6-12-9(13)7(2)8(3)10(12)14/h7-8,15H,5-6H2,1-4H3. The monoisotopic (exact) mass is 213 g/mol. The average molecular weight is 213 g/mol. The first kappa shape index (κ1) is 12.2. The van der Waals surface area contributed by atoms with Crippen molar-refractivity contribution in [1.29, 1.82) is 0 Å². The van der Waals surface area contributed by atoms with E-state index < -0.39 is 5.60 Å². The number of hydrogen-bond acceptors (Lipinski definition) is 3. The normalized spacial score (nSPS) is 30.9. The number of carbonyl (C=O) groups excluding carboxylic acids is 2. The third-order valence-electron chi connectivity index (χ3n) is 3.32. The first-order chi connectivity index (χ1) is 6.80. The Morgan fingerprint density at radius 1 is 1.27 bits per heavy atom. The molecule has 4 heteroatoms. The molecule has 0 radical (unpaired) electrons. The second kappa shape index (κ2) is 3.93. The summed E-state index contributed by atoms with van der Waals surface area (Å²) in [4.78, 5) is 24.6. The third kappa shape index (κ3) is 2.20. The van der Waals surface area contributed by atoms with Gasteiger partial charge in [0.05, 0.1) is 12.1 Å². The Kier molecular flexibility index (Phi) is 3.19. The van der Waals surface area contributed by atoms with Crippen LogP contribution in [-0.4, -0.2) is 34.0 Å². The molecule has 2 amide bonds. The maximum absolute atomic E-state index is 11.7. The summed E-state index contributed by atoms with van der Waals surface area (Å²) in [6.07, 6.45) is 0.521. The molecule has 0 aromatic rings. The molecule has 1 saturated heterocycles. The molecule has 0 aliphatic carbocycles. The predicted octanol–water partition coefficient (Wildman–Crippen LogP) is 0.788. The Balaban J connectivity index is 2.80. The molecule has 0 saturated carbocycles. The van der Waals surface area contributed by atoms with Crippen LogP contribution in [0.1, 0.15) is 34.1 Å². The van der Waals surface area contributed by atoms with Gasteiger partial charge in [0.2, 0.25) is 11.8 Å². The minimum atomic E-state index is -0.977. The summed E-state index contributed by atoms with van der Waals surface area (Å²) >= 11 is 0. The molecule has 0 aromatic heterocycles. The van der Waals surface area contributed by atoms with Gasteiger partial charge in [0.15, 0.2) is 0 Å². The highest BCUT2D eigenvalue weighted by atomic mass is 16.3. The zero-order chi connectivity index (χ0) is 11.8. The van der Waals surface area contributed by atoms with Crippen molar-refractivity contribution in [3.8, 4) is 0 Å². The van der Waals surface area contributed by atoms with Gasteiger partial charge in [-0.15, -0.1) is 0 Å². The Hall–Kier alpha value is -0.900. The zero-order valence-corrected chi connectivity index (χ0v) is 9.78. The molecule has 1 rings (SSSR count). The highest BCUT2D eigenvalue weighted by molar-refractivity contribution is 6.04. The van der Waals surface area contributed by atoms with Crippen molar-refractivity contribution in [2.24, 2.45) is 11.8 Å². The van der Waals surface area contributed by atoms with Crippen LogP contribution in [0.15, 0.2) is 0 Å². The number of likely N-dealkylation sites (tertiary alicyclic amines) is 1. The number of nitrogens with zero attached hydrogens (tertiary/aromatic N) is 1. The molecule has 1 fully saturated rings. The summed E-state index contributed by atoms with van der Waals surface area (Å²) in [6, 6.07) is 0. The first-order valence-corrected chi connectivity index (χ1v) is 5.37. The van der Waals surface area contributed by atoms with Crippen LogP contribution in [0.5, 0.6) is 0 Å². The van der Waals surface area contributed by atoms with Gasteiger partial charge < -0.3 is 5.11 Å². The minimum absolute atomic E-state index is 0.107. The van der Waals surface area contributed by atoms with Crippen LogP contribution in [0.25, 0.3) is 0 Å². The average Bonchev–Trinajstić information content (AvgIpc) is 2.36. The predicted molar refractivity (Wildman–Crippen MR) is 56.0 cm³/mol. The topological polar surface area (TPSA) is 57.6 Å². The Morgan fingerprint density at radius 2 is 1.67 bits per heavy atom. The van der Waals surface area contributed by atoms with Gasteiger partial charge in [-0.3, -0.25) is 14.5 Å². The molecule has 1 aliphatic heterocycles. The fourth-order valence-electron chi connectivity index (χ4n) is 1.64. The van der Waals surface area contributed by atoms with Crippen LogP contribution in [-0.2, 0) is 9.59 Å². The largest absolute Gasteiger partial charge is 0.388 e. The minimum Gasteiger partial charge on any atom is -0.388 e. The second-order valence-corrected chi connectivity index (χ2v) is 4.69. The highest BCUT2D eigenvalue weighted by Crippen LogP contribution is 2.27. The van der Waals surface area contributed by atoms with Crippen molar-refractivity contribution >= 4 is 11.8 Å². The summed E-state index contributed by atoms with van der Waals surface area (Å²) in [7, 11) is 0. The van der Waals surface area contributed by atoms with E-state index in [1.807, 2.05) is 6.92 Å². The summed E-state index contributed by atoms with van der Waals surface area (Å²) in [5.41, 5.74) is -0.977. The van der Waals surface area contributed by atoms with Crippen LogP contribution in [0.4, 0.5) is 0 Å². The van der Waals surface area contributed by atoms with Crippen molar-refractivity contribution in [3.05, 3.63) is 0 Å². The lowest BCUT2D eigenvalue weighted by atomic mass is 10.00. The SMILES string of the molecule is CCC(C)(O)CN1C(=O)C(C)C(C)C1=O. The van der Waals surface area contributed by atoms with E-state index in [0.717, 1.165) is 0 Å². The van der Waals surface area contributed by atoms with Gasteiger partial charge in [-0.2, -0.15) is 0 Å². The highest BCUT2D eigenvalue weighted by Gasteiger charge is 2.44. The number of imide groups is 1. The second-order valence-electron chi connectivity index (χ2n) is 4.69. The van der Waals surface area contributed by atoms with Crippen LogP contribution in [0, 0.1) is 11.8 Å². The van der Waals surface area contributed by atoms with Crippen molar-refractivity contribution < 1.29 is 14.7 Å². The molecule has 0 bridgehead atoms. The lowest BCUT2D eigenvalue weighted by Gasteiger charge is -2.26. The molecular weight excluding hydrogens is 194 g/mol. The Bertz CT molecular complexity index is 266. The number of β-amino-alcohol motifs (C(OH)–C–C–N with tert-alkyl or cyclic N) is 1. The molecule has 1 N–H and O–H groups in total. The molecule has 0 aromatic carbocycles. The zero-order valence-electron chi connectivity index (χ0n) is 9.78. The van der Waals surface area contributed by atoms with Crippen LogP contribution in [0.2, 0.25) is 0 Å². The van der Waals surface area contributed by atoms with Gasteiger partial charge in [0.25, 0.3) is 0 Å². The van der Waals surface area contributed by atoms with Gasteiger partial charge in [-0.25, -0.2) is 0 Å². The Morgan fingerprint density at radius 3 is 2.00 bits per heavy atom. The van der Waals surface area contributed by atoms with E-state index in [2.05, 4.69) is 0 Å². The number of carbonyl (C=O) groups is 2. The van der Waals surface area contributed by atoms with Gasteiger partial charge >= 0.3 is 0 Å². The molecule has 1 aliphatic rings. The number of hydrogen-bond donors (Lipinski definition) is 1. The Labute approximate surface area is 90.3 Å². The molecular formula is C11H19NO3. The van der Waals surface area contributed by atoms with Crippen LogP contribution < -0.4 is 0 Å². The molecule has 15 heavy (non-hydrogen) atoms. The van der Waals surface area contributed by atoms with E-state index in [9.17, 15) is 14.7 Å². The first-order valence-electron chi connectivity index (χ1n) is 5.37. The fourth-order valence-corrected chi connectivity index (χ4v) is 1.64. The van der Waals surface area contributed by atoms with Crippen LogP contribution >= 0.6 is 0 Å². The number of amides is 2. The smallest absolute Gasteiger partial charge is 0.232 e. The van der Waals surface area contributed by atoms with E-state index in [1.54, 1.807) is 20.8 Å². The fraction of sp³-hybridized carbons (Fsp3) is 0.818. The van der Waals surface area contributed by atoms with E-state index in [1.165, 1.54) is 4.90 Å². The van der Waals surface area contributed by atoms with Crippen molar-refractivity contribution in [2.75, 3.05) is 6.54 Å². The number of rotatable bonds is 3. The maximum Gasteiger partial charge on any atom is 0.232 e. The third-order valence-corrected chi connectivity index (χ3v) is 3.32. The van der Waals surface area contributed by atoms with E-state index in [4.69, 9.17) is 0 Å². The van der Waals surface area contributed by atoms with Gasteiger partial charge in [0.1, 0.15) is 0 Å². The summed E-state index contributed by atoms with van der Waals surface area (Å²) in [5, 5.41) is 9.85. The quantitative estimate of drug-likeness (QED) is 0.705. The van der Waals surface area contributed by atoms with Crippen molar-refractivity contribution in [1.82, 2.24) is 4.90 Å². The van der Waals surface area contributed by atoms with Gasteiger partial charge in [-0.1, -0.05) is 20.8 Å². The lowest BCUT2D eigenvalue weighted by Crippen LogP contribution is -2.43. The molecule has 3 unspecified atom stereocenters. The molecule has 0 spiro atoms. The van der Waals surface area contributed by atoms with Crippen molar-refractivity contribution in [3.63, 3.8) is 0 Å². The molecule has 1 heterocycles. The molecule has 4 nitrogen and oxygen atoms in total. The summed E-state index contributed by atoms with van der Waals surface area (Å²) < 4.78 is 0. The molecule has 3 atom stereocenters. The van der Waals surface area contributed by atoms with E-state index >= 15 is 0 Å². The van der Waals surface area contributed by atoms with E-state index in [-0.39, 0.29) is 30.2 Å². The number of aliphatic hydroxyl groups is 1. The van der Waals surface area contributed by atoms with Crippen molar-refractivity contribution in [2.45, 2.75) is 39.7 Å². The summed E-state index contributed by atoms with van der Waals surface area (Å²) in [6.45, 7) is 7.09. The molecule has 86 valence electrons. The van der Waals surface area contributed by atoms with Gasteiger partial charge in [-0.05, 0) is 13.3 Å². The van der Waals surface area contributed by atoms with Gasteiger partial charge in [0, 0.05) is 11.8 Å².